The molecule has 92 valence electrons. The summed E-state index contributed by atoms with van der Waals surface area (Å²) >= 11 is 0. The molecular formula is C11H21N3O2. The van der Waals surface area contributed by atoms with Crippen molar-refractivity contribution in [3.05, 3.63) is 0 Å². The van der Waals surface area contributed by atoms with Crippen LogP contribution in [0.25, 0.3) is 0 Å². The standard InChI is InChI=1S/C11H21N3O2/c1-8(11(16)12-9-5-6-9)14(4)7-10(15)13(2)3/h8-9H,5-7H2,1-4H3,(H,12,16). The van der Waals surface area contributed by atoms with Gasteiger partial charge in [0.1, 0.15) is 0 Å². The second-order valence-corrected chi connectivity index (χ2v) is 4.66. The Morgan fingerprint density at radius 3 is 2.31 bits per heavy atom. The number of carbonyl (C=O) groups excluding carboxylic acids is 2. The number of likely N-dealkylation sites (N-methyl/N-ethyl adjacent to an activating group) is 2. The van der Waals surface area contributed by atoms with Crippen LogP contribution in [0.4, 0.5) is 0 Å². The summed E-state index contributed by atoms with van der Waals surface area (Å²) in [5.74, 6) is 0.0186. The molecule has 0 aromatic rings. The molecule has 0 bridgehead atoms. The smallest absolute Gasteiger partial charge is 0.237 e. The van der Waals surface area contributed by atoms with Crippen LogP contribution < -0.4 is 5.32 Å². The summed E-state index contributed by atoms with van der Waals surface area (Å²) in [6.07, 6.45) is 2.16. The summed E-state index contributed by atoms with van der Waals surface area (Å²) in [7, 11) is 5.22. The predicted molar refractivity (Wildman–Crippen MR) is 62.0 cm³/mol. The minimum Gasteiger partial charge on any atom is -0.352 e. The van der Waals surface area contributed by atoms with Crippen LogP contribution in [-0.4, -0.2) is 61.4 Å². The average Bonchev–Trinajstić information content (AvgIpc) is 2.99. The average molecular weight is 227 g/mol. The van der Waals surface area contributed by atoms with E-state index in [0.717, 1.165) is 12.8 Å². The van der Waals surface area contributed by atoms with E-state index in [-0.39, 0.29) is 24.4 Å². The quantitative estimate of drug-likeness (QED) is 0.700. The molecular weight excluding hydrogens is 206 g/mol. The minimum absolute atomic E-state index is 0.00794. The van der Waals surface area contributed by atoms with E-state index in [9.17, 15) is 9.59 Å². The molecule has 0 radical (unpaired) electrons. The van der Waals surface area contributed by atoms with E-state index in [2.05, 4.69) is 5.32 Å². The third-order valence-electron chi connectivity index (χ3n) is 2.85. The highest BCUT2D eigenvalue weighted by Crippen LogP contribution is 2.18. The van der Waals surface area contributed by atoms with Crippen molar-refractivity contribution in [1.29, 1.82) is 0 Å². The van der Waals surface area contributed by atoms with Gasteiger partial charge in [0.25, 0.3) is 0 Å². The zero-order valence-electron chi connectivity index (χ0n) is 10.5. The van der Waals surface area contributed by atoms with Crippen LogP contribution in [0.15, 0.2) is 0 Å². The molecule has 0 spiro atoms. The van der Waals surface area contributed by atoms with Gasteiger partial charge in [0.2, 0.25) is 11.8 Å². The molecule has 16 heavy (non-hydrogen) atoms. The molecule has 1 aliphatic rings. The molecule has 2 amide bonds. The first-order valence-electron chi connectivity index (χ1n) is 5.62. The first-order valence-corrected chi connectivity index (χ1v) is 5.62. The first-order chi connectivity index (χ1) is 7.41. The Morgan fingerprint density at radius 1 is 1.31 bits per heavy atom. The molecule has 1 saturated carbocycles. The second kappa shape index (κ2) is 5.30. The summed E-state index contributed by atoms with van der Waals surface area (Å²) in [5, 5.41) is 2.93. The minimum atomic E-state index is -0.260. The highest BCUT2D eigenvalue weighted by molar-refractivity contribution is 5.83. The van der Waals surface area contributed by atoms with Gasteiger partial charge in [-0.2, -0.15) is 0 Å². The Balaban J connectivity index is 2.36. The molecule has 1 unspecified atom stereocenters. The van der Waals surface area contributed by atoms with Gasteiger partial charge in [0.15, 0.2) is 0 Å². The normalized spacial score (nSPS) is 17.1. The van der Waals surface area contributed by atoms with Crippen LogP contribution in [0.3, 0.4) is 0 Å². The predicted octanol–water partition coefficient (Wildman–Crippen LogP) is -0.326. The Kier molecular flexibility index (Phi) is 4.29. The van der Waals surface area contributed by atoms with Gasteiger partial charge in [0, 0.05) is 20.1 Å². The van der Waals surface area contributed by atoms with Gasteiger partial charge in [-0.1, -0.05) is 0 Å². The number of hydrogen-bond acceptors (Lipinski definition) is 3. The fourth-order valence-electron chi connectivity index (χ4n) is 1.24. The SMILES string of the molecule is CC(C(=O)NC1CC1)N(C)CC(=O)N(C)C. The maximum Gasteiger partial charge on any atom is 0.237 e. The molecule has 1 N–H and O–H groups in total. The van der Waals surface area contributed by atoms with Crippen molar-refractivity contribution in [3.63, 3.8) is 0 Å². The number of nitrogens with zero attached hydrogens (tertiary/aromatic N) is 2. The Labute approximate surface area is 96.8 Å². The van der Waals surface area contributed by atoms with Crippen molar-refractivity contribution in [2.75, 3.05) is 27.7 Å². The zero-order valence-corrected chi connectivity index (χ0v) is 10.5. The van der Waals surface area contributed by atoms with Gasteiger partial charge in [-0.05, 0) is 26.8 Å². The molecule has 0 saturated heterocycles. The van der Waals surface area contributed by atoms with E-state index in [1.165, 1.54) is 4.90 Å². The van der Waals surface area contributed by atoms with Crippen LogP contribution in [-0.2, 0) is 9.59 Å². The topological polar surface area (TPSA) is 52.7 Å². The summed E-state index contributed by atoms with van der Waals surface area (Å²) < 4.78 is 0. The van der Waals surface area contributed by atoms with Crippen molar-refractivity contribution in [2.24, 2.45) is 0 Å². The molecule has 1 atom stereocenters. The summed E-state index contributed by atoms with van der Waals surface area (Å²) in [4.78, 5) is 26.5. The van der Waals surface area contributed by atoms with Crippen molar-refractivity contribution in [2.45, 2.75) is 31.8 Å². The monoisotopic (exact) mass is 227 g/mol. The van der Waals surface area contributed by atoms with E-state index < -0.39 is 0 Å². The number of amides is 2. The van der Waals surface area contributed by atoms with Crippen molar-refractivity contribution in [1.82, 2.24) is 15.1 Å². The molecule has 0 aromatic heterocycles. The zero-order chi connectivity index (χ0) is 12.3. The molecule has 1 rings (SSSR count). The van der Waals surface area contributed by atoms with Crippen molar-refractivity contribution in [3.8, 4) is 0 Å². The highest BCUT2D eigenvalue weighted by Gasteiger charge is 2.27. The lowest BCUT2D eigenvalue weighted by atomic mass is 10.2. The summed E-state index contributed by atoms with van der Waals surface area (Å²) in [6.45, 7) is 2.09. The molecule has 1 aliphatic carbocycles. The summed E-state index contributed by atoms with van der Waals surface area (Å²) in [6, 6.07) is 0.109. The third kappa shape index (κ3) is 3.81. The van der Waals surface area contributed by atoms with Gasteiger partial charge in [-0.15, -0.1) is 0 Å². The number of carbonyl (C=O) groups is 2. The highest BCUT2D eigenvalue weighted by atomic mass is 16.2. The third-order valence-corrected chi connectivity index (χ3v) is 2.85. The van der Waals surface area contributed by atoms with Gasteiger partial charge in [0.05, 0.1) is 12.6 Å². The lowest BCUT2D eigenvalue weighted by Gasteiger charge is -2.24. The van der Waals surface area contributed by atoms with Crippen LogP contribution in [0.5, 0.6) is 0 Å². The first kappa shape index (κ1) is 13.0. The van der Waals surface area contributed by atoms with Crippen molar-refractivity contribution < 1.29 is 9.59 Å². The maximum atomic E-state index is 11.7. The van der Waals surface area contributed by atoms with E-state index >= 15 is 0 Å². The Hall–Kier alpha value is -1.10. The van der Waals surface area contributed by atoms with E-state index in [0.29, 0.717) is 6.04 Å². The number of rotatable bonds is 5. The largest absolute Gasteiger partial charge is 0.352 e. The van der Waals surface area contributed by atoms with Gasteiger partial charge in [-0.25, -0.2) is 0 Å². The van der Waals surface area contributed by atoms with E-state index in [1.54, 1.807) is 26.0 Å². The molecule has 0 aromatic carbocycles. The van der Waals surface area contributed by atoms with Crippen molar-refractivity contribution >= 4 is 11.8 Å². The lowest BCUT2D eigenvalue weighted by molar-refractivity contribution is -0.132. The van der Waals surface area contributed by atoms with Crippen LogP contribution >= 0.6 is 0 Å². The number of hydrogen-bond donors (Lipinski definition) is 1. The number of nitrogens with one attached hydrogen (secondary N) is 1. The molecule has 0 aliphatic heterocycles. The van der Waals surface area contributed by atoms with Gasteiger partial charge in [-0.3, -0.25) is 14.5 Å². The lowest BCUT2D eigenvalue weighted by Crippen LogP contribution is -2.47. The fourth-order valence-corrected chi connectivity index (χ4v) is 1.24. The van der Waals surface area contributed by atoms with Gasteiger partial charge < -0.3 is 10.2 Å². The summed E-state index contributed by atoms with van der Waals surface area (Å²) in [5.41, 5.74) is 0. The maximum absolute atomic E-state index is 11.7. The Bertz CT molecular complexity index is 274. The van der Waals surface area contributed by atoms with Crippen LogP contribution in [0.1, 0.15) is 19.8 Å². The van der Waals surface area contributed by atoms with E-state index in [1.807, 2.05) is 6.92 Å². The fraction of sp³-hybridized carbons (Fsp3) is 0.818. The van der Waals surface area contributed by atoms with Crippen LogP contribution in [0.2, 0.25) is 0 Å². The van der Waals surface area contributed by atoms with Gasteiger partial charge >= 0.3 is 0 Å². The Morgan fingerprint density at radius 2 is 1.88 bits per heavy atom. The van der Waals surface area contributed by atoms with Crippen LogP contribution in [0, 0.1) is 0 Å². The second-order valence-electron chi connectivity index (χ2n) is 4.66. The molecule has 5 nitrogen and oxygen atoms in total. The molecule has 0 heterocycles. The van der Waals surface area contributed by atoms with E-state index in [4.69, 9.17) is 0 Å². The molecule has 5 heteroatoms. The molecule has 1 fully saturated rings.